The van der Waals surface area contributed by atoms with E-state index in [-0.39, 0.29) is 0 Å². The summed E-state index contributed by atoms with van der Waals surface area (Å²) in [5.74, 6) is -0.445. The number of halogens is 2. The van der Waals surface area contributed by atoms with Crippen LogP contribution in [0.3, 0.4) is 0 Å². The molecule has 0 atom stereocenters. The minimum Gasteiger partial charge on any atom is -0.366 e. The smallest absolute Gasteiger partial charge is 0.241 e. The minimum absolute atomic E-state index is 0.445. The van der Waals surface area contributed by atoms with Crippen molar-refractivity contribution in [1.29, 1.82) is 0 Å². The highest BCUT2D eigenvalue weighted by atomic mass is 79.9. The Morgan fingerprint density at radius 1 is 1.31 bits per heavy atom. The second kappa shape index (κ2) is 4.58. The Morgan fingerprint density at radius 2 is 2.00 bits per heavy atom. The van der Waals surface area contributed by atoms with Crippen molar-refractivity contribution in [3.05, 3.63) is 38.8 Å². The largest absolute Gasteiger partial charge is 0.366 e. The fraction of sp³-hybridized carbons (Fsp3) is 0. The van der Waals surface area contributed by atoms with Crippen LogP contribution >= 0.6 is 31.9 Å². The van der Waals surface area contributed by atoms with Gasteiger partial charge in [0.25, 0.3) is 0 Å². The van der Waals surface area contributed by atoms with E-state index in [9.17, 15) is 4.79 Å². The first-order valence-electron chi connectivity index (χ1n) is 3.52. The van der Waals surface area contributed by atoms with Crippen LogP contribution in [0.2, 0.25) is 0 Å². The molecule has 2 N–H and O–H groups in total. The van der Waals surface area contributed by atoms with E-state index >= 15 is 0 Å². The number of amides is 1. The minimum atomic E-state index is -0.445. The summed E-state index contributed by atoms with van der Waals surface area (Å²) in [5, 5.41) is 0. The number of carbonyl (C=O) groups is 1. The molecule has 0 aromatic heterocycles. The van der Waals surface area contributed by atoms with Crippen molar-refractivity contribution in [3.63, 3.8) is 0 Å². The number of primary amides is 1. The normalized spacial score (nSPS) is 10.6. The fourth-order valence-electron chi connectivity index (χ4n) is 0.794. The van der Waals surface area contributed by atoms with Crippen LogP contribution in [0.25, 0.3) is 6.08 Å². The van der Waals surface area contributed by atoms with Crippen LogP contribution < -0.4 is 5.73 Å². The van der Waals surface area contributed by atoms with Gasteiger partial charge in [-0.1, -0.05) is 6.07 Å². The second-order valence-electron chi connectivity index (χ2n) is 2.41. The van der Waals surface area contributed by atoms with Gasteiger partial charge in [0.15, 0.2) is 0 Å². The molecule has 13 heavy (non-hydrogen) atoms. The lowest BCUT2D eigenvalue weighted by Crippen LogP contribution is -2.05. The summed E-state index contributed by atoms with van der Waals surface area (Å²) in [6.07, 6.45) is 3.00. The van der Waals surface area contributed by atoms with Crippen LogP contribution in [0.5, 0.6) is 0 Å². The number of hydrogen-bond donors (Lipinski definition) is 1. The summed E-state index contributed by atoms with van der Waals surface area (Å²) < 4.78 is 1.92. The van der Waals surface area contributed by atoms with Crippen molar-refractivity contribution < 1.29 is 4.79 Å². The van der Waals surface area contributed by atoms with Crippen LogP contribution in [0.1, 0.15) is 5.56 Å². The van der Waals surface area contributed by atoms with E-state index in [1.54, 1.807) is 6.08 Å². The van der Waals surface area contributed by atoms with Gasteiger partial charge in [-0.2, -0.15) is 0 Å². The molecule has 0 spiro atoms. The molecule has 2 nitrogen and oxygen atoms in total. The van der Waals surface area contributed by atoms with Crippen molar-refractivity contribution >= 4 is 43.8 Å². The monoisotopic (exact) mass is 303 g/mol. The summed E-state index contributed by atoms with van der Waals surface area (Å²) in [4.78, 5) is 10.4. The molecule has 1 rings (SSSR count). The third kappa shape index (κ3) is 3.32. The predicted molar refractivity (Wildman–Crippen MR) is 60.1 cm³/mol. The molecule has 0 saturated heterocycles. The molecule has 0 bridgehead atoms. The maximum absolute atomic E-state index is 10.4. The molecule has 0 aliphatic heterocycles. The van der Waals surface area contributed by atoms with E-state index in [0.29, 0.717) is 0 Å². The topological polar surface area (TPSA) is 43.1 Å². The lowest BCUT2D eigenvalue weighted by Gasteiger charge is -1.97. The number of hydrogen-bond acceptors (Lipinski definition) is 1. The number of nitrogens with two attached hydrogens (primary N) is 1. The van der Waals surface area contributed by atoms with Crippen molar-refractivity contribution in [1.82, 2.24) is 0 Å². The Hall–Kier alpha value is -0.610. The Bertz CT molecular complexity index is 361. The third-order valence-corrected chi connectivity index (χ3v) is 3.26. The molecule has 0 heterocycles. The molecule has 68 valence electrons. The van der Waals surface area contributed by atoms with E-state index < -0.39 is 5.91 Å². The molecular weight excluding hydrogens is 298 g/mol. The second-order valence-corrected chi connectivity index (χ2v) is 4.12. The highest BCUT2D eigenvalue weighted by Crippen LogP contribution is 2.24. The lowest BCUT2D eigenvalue weighted by molar-refractivity contribution is -0.113. The summed E-state index contributed by atoms with van der Waals surface area (Å²) >= 11 is 6.70. The van der Waals surface area contributed by atoms with Gasteiger partial charge in [-0.05, 0) is 55.6 Å². The van der Waals surface area contributed by atoms with Gasteiger partial charge >= 0.3 is 0 Å². The van der Waals surface area contributed by atoms with Crippen LogP contribution in [0, 0.1) is 0 Å². The molecule has 1 aromatic rings. The summed E-state index contributed by atoms with van der Waals surface area (Å²) in [6.45, 7) is 0. The number of rotatable bonds is 2. The number of benzene rings is 1. The zero-order valence-corrected chi connectivity index (χ0v) is 9.80. The molecule has 0 saturated carbocycles. The molecule has 0 aliphatic rings. The molecule has 0 aliphatic carbocycles. The van der Waals surface area contributed by atoms with E-state index in [0.717, 1.165) is 14.5 Å². The predicted octanol–water partition coefficient (Wildman–Crippen LogP) is 2.71. The quantitative estimate of drug-likeness (QED) is 0.839. The van der Waals surface area contributed by atoms with E-state index in [1.165, 1.54) is 6.08 Å². The van der Waals surface area contributed by atoms with Crippen molar-refractivity contribution in [2.45, 2.75) is 0 Å². The molecule has 4 heteroatoms. The number of carbonyl (C=O) groups excluding carboxylic acids is 1. The molecule has 1 aromatic carbocycles. The van der Waals surface area contributed by atoms with Crippen molar-refractivity contribution in [2.75, 3.05) is 0 Å². The first-order valence-corrected chi connectivity index (χ1v) is 5.11. The summed E-state index contributed by atoms with van der Waals surface area (Å²) in [5.41, 5.74) is 5.89. The van der Waals surface area contributed by atoms with Gasteiger partial charge in [-0.3, -0.25) is 4.79 Å². The highest BCUT2D eigenvalue weighted by molar-refractivity contribution is 9.13. The van der Waals surface area contributed by atoms with Gasteiger partial charge in [0.2, 0.25) is 5.91 Å². The first kappa shape index (κ1) is 10.5. The van der Waals surface area contributed by atoms with Gasteiger partial charge in [0, 0.05) is 15.0 Å². The van der Waals surface area contributed by atoms with E-state index in [2.05, 4.69) is 31.9 Å². The standard InChI is InChI=1S/C9H7Br2NO/c10-7-3-1-6(5-8(7)11)2-4-9(12)13/h1-5H,(H2,12,13)/b4-2-. The SMILES string of the molecule is NC(=O)/C=C\c1ccc(Br)c(Br)c1. The Kier molecular flexibility index (Phi) is 3.69. The fourth-order valence-corrected chi connectivity index (χ4v) is 1.44. The van der Waals surface area contributed by atoms with Gasteiger partial charge in [0.05, 0.1) is 0 Å². The Labute approximate surface area is 93.1 Å². The van der Waals surface area contributed by atoms with Gasteiger partial charge in [-0.15, -0.1) is 0 Å². The Morgan fingerprint density at radius 3 is 2.54 bits per heavy atom. The Balaban J connectivity index is 2.92. The maximum Gasteiger partial charge on any atom is 0.241 e. The summed E-state index contributed by atoms with van der Waals surface area (Å²) in [6, 6.07) is 5.67. The third-order valence-electron chi connectivity index (χ3n) is 1.38. The molecular formula is C9H7Br2NO. The highest BCUT2D eigenvalue weighted by Gasteiger charge is 1.95. The van der Waals surface area contributed by atoms with Crippen LogP contribution in [0.4, 0.5) is 0 Å². The summed E-state index contributed by atoms with van der Waals surface area (Å²) in [7, 11) is 0. The average Bonchev–Trinajstić information content (AvgIpc) is 2.07. The van der Waals surface area contributed by atoms with Gasteiger partial charge in [0.1, 0.15) is 0 Å². The van der Waals surface area contributed by atoms with Gasteiger partial charge < -0.3 is 5.73 Å². The van der Waals surface area contributed by atoms with E-state index in [1.807, 2.05) is 18.2 Å². The van der Waals surface area contributed by atoms with Crippen LogP contribution in [-0.4, -0.2) is 5.91 Å². The lowest BCUT2D eigenvalue weighted by atomic mass is 10.2. The maximum atomic E-state index is 10.4. The van der Waals surface area contributed by atoms with E-state index in [4.69, 9.17) is 5.73 Å². The van der Waals surface area contributed by atoms with Crippen molar-refractivity contribution in [2.24, 2.45) is 5.73 Å². The first-order chi connectivity index (χ1) is 6.09. The molecule has 0 radical (unpaired) electrons. The zero-order chi connectivity index (χ0) is 9.84. The van der Waals surface area contributed by atoms with Gasteiger partial charge in [-0.25, -0.2) is 0 Å². The van der Waals surface area contributed by atoms with Crippen LogP contribution in [0.15, 0.2) is 33.2 Å². The van der Waals surface area contributed by atoms with Crippen LogP contribution in [-0.2, 0) is 4.79 Å². The molecule has 1 amide bonds. The zero-order valence-electron chi connectivity index (χ0n) is 6.63. The average molecular weight is 305 g/mol. The van der Waals surface area contributed by atoms with Crippen molar-refractivity contribution in [3.8, 4) is 0 Å². The molecule has 0 fully saturated rings. The molecule has 0 unspecified atom stereocenters.